The summed E-state index contributed by atoms with van der Waals surface area (Å²) >= 11 is 0. The monoisotopic (exact) mass is 333 g/mol. The van der Waals surface area contributed by atoms with E-state index in [1.165, 1.54) is 26.9 Å². The predicted molar refractivity (Wildman–Crippen MR) is 106 cm³/mol. The van der Waals surface area contributed by atoms with Gasteiger partial charge in [0.1, 0.15) is 0 Å². The van der Waals surface area contributed by atoms with Gasteiger partial charge in [0.05, 0.1) is 18.2 Å². The molecule has 5 rings (SSSR count). The molecule has 0 spiro atoms. The Morgan fingerprint density at radius 1 is 0.692 bits per heavy atom. The number of hydrogen-bond acceptors (Lipinski definition) is 2. The molecule has 5 aromatic rings. The van der Waals surface area contributed by atoms with E-state index in [2.05, 4.69) is 48.5 Å². The maximum atomic E-state index is 9.72. The van der Waals surface area contributed by atoms with Crippen molar-refractivity contribution in [1.29, 1.82) is 5.26 Å². The first-order valence-corrected chi connectivity index (χ1v) is 8.61. The first-order valence-electron chi connectivity index (χ1n) is 8.61. The highest BCUT2D eigenvalue weighted by Crippen LogP contribution is 2.40. The Labute approximate surface area is 150 Å². The van der Waals surface area contributed by atoms with Gasteiger partial charge in [-0.3, -0.25) is 0 Å². The van der Waals surface area contributed by atoms with E-state index in [0.717, 1.165) is 22.1 Å². The third kappa shape index (κ3) is 2.02. The standard InChI is InChI=1S/C24H15NO/c25-13-15-1-3-16(4-2-15)20-10-9-18-6-5-17-7-8-19(14-26)21-11-12-22(20)24(18)23(17)21/h1-12,26H,14H2. The zero-order valence-corrected chi connectivity index (χ0v) is 14.0. The van der Waals surface area contributed by atoms with E-state index >= 15 is 0 Å². The van der Waals surface area contributed by atoms with Crippen LogP contribution in [0.2, 0.25) is 0 Å². The molecular weight excluding hydrogens is 318 g/mol. The molecular formula is C24H15NO. The zero-order valence-electron chi connectivity index (χ0n) is 14.0. The van der Waals surface area contributed by atoms with E-state index in [4.69, 9.17) is 5.26 Å². The second-order valence-corrected chi connectivity index (χ2v) is 6.61. The summed E-state index contributed by atoms with van der Waals surface area (Å²) in [7, 11) is 0. The molecule has 0 fully saturated rings. The molecule has 122 valence electrons. The first kappa shape index (κ1) is 14.9. The van der Waals surface area contributed by atoms with Crippen molar-refractivity contribution in [2.75, 3.05) is 0 Å². The van der Waals surface area contributed by atoms with E-state index < -0.39 is 0 Å². The van der Waals surface area contributed by atoms with Gasteiger partial charge in [-0.25, -0.2) is 0 Å². The largest absolute Gasteiger partial charge is 0.392 e. The maximum Gasteiger partial charge on any atom is 0.0991 e. The Hall–Kier alpha value is -3.41. The molecule has 0 amide bonds. The van der Waals surface area contributed by atoms with Gasteiger partial charge in [-0.2, -0.15) is 5.26 Å². The minimum Gasteiger partial charge on any atom is -0.392 e. The van der Waals surface area contributed by atoms with Crippen LogP contribution in [0.4, 0.5) is 0 Å². The van der Waals surface area contributed by atoms with Crippen molar-refractivity contribution in [2.45, 2.75) is 6.61 Å². The van der Waals surface area contributed by atoms with Crippen LogP contribution in [0.1, 0.15) is 11.1 Å². The summed E-state index contributed by atoms with van der Waals surface area (Å²) in [6, 6.07) is 26.9. The summed E-state index contributed by atoms with van der Waals surface area (Å²) in [6.45, 7) is 0.0383. The minimum absolute atomic E-state index is 0.0383. The van der Waals surface area contributed by atoms with Gasteiger partial charge in [-0.15, -0.1) is 0 Å². The molecule has 1 N–H and O–H groups in total. The third-order valence-corrected chi connectivity index (χ3v) is 5.25. The highest BCUT2D eigenvalue weighted by atomic mass is 16.3. The fourth-order valence-corrected chi connectivity index (χ4v) is 3.98. The van der Waals surface area contributed by atoms with E-state index in [1.807, 2.05) is 30.3 Å². The fraction of sp³-hybridized carbons (Fsp3) is 0.0417. The van der Waals surface area contributed by atoms with Gasteiger partial charge in [-0.05, 0) is 61.1 Å². The molecule has 0 heterocycles. The van der Waals surface area contributed by atoms with Gasteiger partial charge in [0.25, 0.3) is 0 Å². The molecule has 0 radical (unpaired) electrons. The van der Waals surface area contributed by atoms with E-state index in [9.17, 15) is 5.11 Å². The lowest BCUT2D eigenvalue weighted by Crippen LogP contribution is -1.91. The Bertz CT molecular complexity index is 1310. The van der Waals surface area contributed by atoms with Crippen molar-refractivity contribution in [3.05, 3.63) is 83.9 Å². The number of nitriles is 1. The Morgan fingerprint density at radius 2 is 1.31 bits per heavy atom. The van der Waals surface area contributed by atoms with Crippen molar-refractivity contribution in [2.24, 2.45) is 0 Å². The molecule has 0 aromatic heterocycles. The average Bonchev–Trinajstić information content (AvgIpc) is 2.71. The summed E-state index contributed by atoms with van der Waals surface area (Å²) in [4.78, 5) is 0. The maximum absolute atomic E-state index is 9.72. The smallest absolute Gasteiger partial charge is 0.0991 e. The van der Waals surface area contributed by atoms with Gasteiger partial charge in [-0.1, -0.05) is 60.7 Å². The van der Waals surface area contributed by atoms with Crippen LogP contribution in [-0.4, -0.2) is 5.11 Å². The first-order chi connectivity index (χ1) is 12.8. The Morgan fingerprint density at radius 3 is 2.00 bits per heavy atom. The molecule has 0 bridgehead atoms. The van der Waals surface area contributed by atoms with Crippen LogP contribution >= 0.6 is 0 Å². The summed E-state index contributed by atoms with van der Waals surface area (Å²) in [5, 5.41) is 25.9. The van der Waals surface area contributed by atoms with Gasteiger partial charge in [0.15, 0.2) is 0 Å². The van der Waals surface area contributed by atoms with Crippen molar-refractivity contribution in [3.63, 3.8) is 0 Å². The van der Waals surface area contributed by atoms with Crippen LogP contribution in [0.3, 0.4) is 0 Å². The molecule has 26 heavy (non-hydrogen) atoms. The van der Waals surface area contributed by atoms with Crippen LogP contribution in [0, 0.1) is 11.3 Å². The average molecular weight is 333 g/mol. The molecule has 2 nitrogen and oxygen atoms in total. The highest BCUT2D eigenvalue weighted by Gasteiger charge is 2.13. The molecule has 0 aliphatic rings. The van der Waals surface area contributed by atoms with Crippen LogP contribution in [-0.2, 0) is 6.61 Å². The van der Waals surface area contributed by atoms with Crippen molar-refractivity contribution in [3.8, 4) is 17.2 Å². The van der Waals surface area contributed by atoms with Gasteiger partial charge in [0.2, 0.25) is 0 Å². The summed E-state index contributed by atoms with van der Waals surface area (Å²) in [5.41, 5.74) is 3.88. The van der Waals surface area contributed by atoms with Crippen LogP contribution in [0.25, 0.3) is 43.4 Å². The summed E-state index contributed by atoms with van der Waals surface area (Å²) in [5.74, 6) is 0. The molecule has 0 aliphatic carbocycles. The van der Waals surface area contributed by atoms with Crippen molar-refractivity contribution < 1.29 is 5.11 Å². The predicted octanol–water partition coefficient (Wildman–Crippen LogP) is 5.61. The van der Waals surface area contributed by atoms with Crippen LogP contribution in [0.15, 0.2) is 72.8 Å². The lowest BCUT2D eigenvalue weighted by molar-refractivity contribution is 0.283. The SMILES string of the molecule is N#Cc1ccc(-c2ccc3ccc4ccc(CO)c5ccc2c3c45)cc1. The fourth-order valence-electron chi connectivity index (χ4n) is 3.98. The van der Waals surface area contributed by atoms with Gasteiger partial charge in [0, 0.05) is 0 Å². The number of benzene rings is 5. The highest BCUT2D eigenvalue weighted by molar-refractivity contribution is 6.25. The second kappa shape index (κ2) is 5.56. The van der Waals surface area contributed by atoms with E-state index in [1.54, 1.807) is 0 Å². The number of aliphatic hydroxyl groups excluding tert-OH is 1. The lowest BCUT2D eigenvalue weighted by atomic mass is 9.88. The van der Waals surface area contributed by atoms with Crippen LogP contribution < -0.4 is 0 Å². The molecule has 0 atom stereocenters. The summed E-state index contributed by atoms with van der Waals surface area (Å²) < 4.78 is 0. The lowest BCUT2D eigenvalue weighted by Gasteiger charge is -2.15. The Balaban J connectivity index is 1.91. The number of hydrogen-bond donors (Lipinski definition) is 1. The topological polar surface area (TPSA) is 44.0 Å². The van der Waals surface area contributed by atoms with Crippen molar-refractivity contribution >= 4 is 32.3 Å². The second-order valence-electron chi connectivity index (χ2n) is 6.61. The van der Waals surface area contributed by atoms with E-state index in [-0.39, 0.29) is 6.61 Å². The quantitative estimate of drug-likeness (QED) is 0.426. The molecule has 0 aliphatic heterocycles. The third-order valence-electron chi connectivity index (χ3n) is 5.25. The molecule has 0 saturated heterocycles. The van der Waals surface area contributed by atoms with E-state index in [0.29, 0.717) is 5.56 Å². The minimum atomic E-state index is 0.0383. The molecule has 0 saturated carbocycles. The van der Waals surface area contributed by atoms with Gasteiger partial charge >= 0.3 is 0 Å². The normalized spacial score (nSPS) is 11.4. The van der Waals surface area contributed by atoms with Crippen LogP contribution in [0.5, 0.6) is 0 Å². The van der Waals surface area contributed by atoms with Gasteiger partial charge < -0.3 is 5.11 Å². The molecule has 2 heteroatoms. The molecule has 5 aromatic carbocycles. The number of nitrogens with zero attached hydrogens (tertiary/aromatic N) is 1. The Kier molecular flexibility index (Phi) is 3.18. The number of aliphatic hydroxyl groups is 1. The number of rotatable bonds is 2. The zero-order chi connectivity index (χ0) is 17.7. The molecule has 0 unspecified atom stereocenters. The summed E-state index contributed by atoms with van der Waals surface area (Å²) in [6.07, 6.45) is 0. The van der Waals surface area contributed by atoms with Crippen molar-refractivity contribution in [1.82, 2.24) is 0 Å².